The van der Waals surface area contributed by atoms with E-state index in [9.17, 15) is 13.2 Å². The van der Waals surface area contributed by atoms with Crippen molar-refractivity contribution in [2.24, 2.45) is 0 Å². The van der Waals surface area contributed by atoms with E-state index in [0.29, 0.717) is 18.7 Å². The number of aryl methyl sites for hydroxylation is 2. The molecular formula is C15H24N2O3S. The van der Waals surface area contributed by atoms with Gasteiger partial charge in [-0.3, -0.25) is 9.10 Å². The van der Waals surface area contributed by atoms with Gasteiger partial charge in [0.15, 0.2) is 0 Å². The first kappa shape index (κ1) is 17.5. The monoisotopic (exact) mass is 312 g/mol. The van der Waals surface area contributed by atoms with Crippen molar-refractivity contribution in [1.29, 1.82) is 0 Å². The Hall–Kier alpha value is -1.56. The molecule has 5 nitrogen and oxygen atoms in total. The molecule has 0 radical (unpaired) electrons. The van der Waals surface area contributed by atoms with Crippen LogP contribution in [0, 0.1) is 13.8 Å². The van der Waals surface area contributed by atoms with Gasteiger partial charge in [-0.2, -0.15) is 0 Å². The summed E-state index contributed by atoms with van der Waals surface area (Å²) in [6.45, 7) is 7.97. The molecule has 0 aliphatic heterocycles. The number of nitrogens with zero attached hydrogens (tertiary/aromatic N) is 1. The van der Waals surface area contributed by atoms with E-state index in [0.717, 1.165) is 17.4 Å². The van der Waals surface area contributed by atoms with Crippen molar-refractivity contribution in [3.05, 3.63) is 29.3 Å². The van der Waals surface area contributed by atoms with Crippen molar-refractivity contribution in [2.45, 2.75) is 40.2 Å². The standard InChI is InChI=1S/C15H24N2O3S/c1-6-14(15(18)16-7-2)17(21(5,19)20)13-9-8-11(3)12(4)10-13/h8-10,14H,6-7H2,1-5H3,(H,16,18)/t14-/m0/s1. The smallest absolute Gasteiger partial charge is 0.243 e. The summed E-state index contributed by atoms with van der Waals surface area (Å²) in [6.07, 6.45) is 1.54. The Kier molecular flexibility index (Phi) is 5.78. The van der Waals surface area contributed by atoms with Gasteiger partial charge >= 0.3 is 0 Å². The molecule has 6 heteroatoms. The first-order chi connectivity index (χ1) is 9.72. The summed E-state index contributed by atoms with van der Waals surface area (Å²) in [5.74, 6) is -0.274. The van der Waals surface area contributed by atoms with Crippen LogP contribution in [-0.4, -0.2) is 33.2 Å². The second-order valence-electron chi connectivity index (χ2n) is 5.15. The first-order valence-corrected chi connectivity index (χ1v) is 8.91. The van der Waals surface area contributed by atoms with E-state index in [1.165, 1.54) is 4.31 Å². The van der Waals surface area contributed by atoms with Crippen molar-refractivity contribution in [2.75, 3.05) is 17.1 Å². The van der Waals surface area contributed by atoms with Gasteiger partial charge in [0.25, 0.3) is 0 Å². The lowest BCUT2D eigenvalue weighted by molar-refractivity contribution is -0.122. The summed E-state index contributed by atoms with van der Waals surface area (Å²) in [7, 11) is -3.55. The van der Waals surface area contributed by atoms with Crippen LogP contribution in [0.2, 0.25) is 0 Å². The second kappa shape index (κ2) is 6.93. The van der Waals surface area contributed by atoms with Crippen molar-refractivity contribution in [1.82, 2.24) is 5.32 Å². The third kappa shape index (κ3) is 4.20. The molecule has 1 aromatic carbocycles. The minimum atomic E-state index is -3.55. The van der Waals surface area contributed by atoms with Gasteiger partial charge < -0.3 is 5.32 Å². The molecule has 1 rings (SSSR count). The van der Waals surface area contributed by atoms with Gasteiger partial charge in [0.1, 0.15) is 6.04 Å². The van der Waals surface area contributed by atoms with Gasteiger partial charge in [0, 0.05) is 6.54 Å². The summed E-state index contributed by atoms with van der Waals surface area (Å²) in [5.41, 5.74) is 2.60. The fraction of sp³-hybridized carbons (Fsp3) is 0.533. The van der Waals surface area contributed by atoms with Crippen LogP contribution >= 0.6 is 0 Å². The Labute approximate surface area is 127 Å². The zero-order valence-corrected chi connectivity index (χ0v) is 14.1. The number of nitrogens with one attached hydrogen (secondary N) is 1. The zero-order valence-electron chi connectivity index (χ0n) is 13.3. The Morgan fingerprint density at radius 3 is 2.29 bits per heavy atom. The largest absolute Gasteiger partial charge is 0.355 e. The number of rotatable bonds is 6. The van der Waals surface area contributed by atoms with Crippen molar-refractivity contribution < 1.29 is 13.2 Å². The molecule has 0 saturated heterocycles. The van der Waals surface area contributed by atoms with Crippen LogP contribution in [0.4, 0.5) is 5.69 Å². The molecule has 0 fully saturated rings. The highest BCUT2D eigenvalue weighted by atomic mass is 32.2. The molecule has 0 aliphatic rings. The summed E-state index contributed by atoms with van der Waals surface area (Å²) >= 11 is 0. The molecule has 0 aliphatic carbocycles. The van der Waals surface area contributed by atoms with E-state index < -0.39 is 16.1 Å². The number of hydrogen-bond acceptors (Lipinski definition) is 3. The first-order valence-electron chi connectivity index (χ1n) is 7.06. The van der Waals surface area contributed by atoms with Crippen LogP contribution in [-0.2, 0) is 14.8 Å². The average molecular weight is 312 g/mol. The molecule has 1 amide bonds. The predicted molar refractivity (Wildman–Crippen MR) is 86.0 cm³/mol. The van der Waals surface area contributed by atoms with Crippen molar-refractivity contribution in [3.8, 4) is 0 Å². The van der Waals surface area contributed by atoms with Gasteiger partial charge in [0.2, 0.25) is 15.9 Å². The van der Waals surface area contributed by atoms with Crippen LogP contribution in [0.1, 0.15) is 31.4 Å². The van der Waals surface area contributed by atoms with E-state index in [2.05, 4.69) is 5.32 Å². The summed E-state index contributed by atoms with van der Waals surface area (Å²) in [5, 5.41) is 2.70. The van der Waals surface area contributed by atoms with Crippen LogP contribution in [0.3, 0.4) is 0 Å². The fourth-order valence-electron chi connectivity index (χ4n) is 2.21. The molecule has 0 spiro atoms. The molecule has 0 unspecified atom stereocenters. The SMILES string of the molecule is CCNC(=O)[C@H](CC)N(c1ccc(C)c(C)c1)S(C)(=O)=O. The lowest BCUT2D eigenvalue weighted by atomic mass is 10.1. The second-order valence-corrected chi connectivity index (χ2v) is 7.01. The molecule has 1 atom stereocenters. The van der Waals surface area contributed by atoms with E-state index >= 15 is 0 Å². The van der Waals surface area contributed by atoms with Gasteiger partial charge in [-0.05, 0) is 50.5 Å². The number of hydrogen-bond donors (Lipinski definition) is 1. The Bertz CT molecular complexity index is 611. The quantitative estimate of drug-likeness (QED) is 0.873. The van der Waals surface area contributed by atoms with Gasteiger partial charge in [-0.25, -0.2) is 8.42 Å². The molecule has 1 aromatic rings. The van der Waals surface area contributed by atoms with Gasteiger partial charge in [-0.1, -0.05) is 13.0 Å². The van der Waals surface area contributed by atoms with Crippen LogP contribution in [0.5, 0.6) is 0 Å². The predicted octanol–water partition coefficient (Wildman–Crippen LogP) is 1.98. The minimum absolute atomic E-state index is 0.274. The molecule has 118 valence electrons. The van der Waals surface area contributed by atoms with Crippen molar-refractivity contribution >= 4 is 21.6 Å². The zero-order chi connectivity index (χ0) is 16.2. The maximum absolute atomic E-state index is 12.2. The van der Waals surface area contributed by atoms with Gasteiger partial charge in [-0.15, -0.1) is 0 Å². The topological polar surface area (TPSA) is 66.5 Å². The van der Waals surface area contributed by atoms with E-state index in [4.69, 9.17) is 0 Å². The molecule has 0 aromatic heterocycles. The molecule has 0 heterocycles. The lowest BCUT2D eigenvalue weighted by Gasteiger charge is -2.30. The summed E-state index contributed by atoms with van der Waals surface area (Å²) in [6, 6.07) is 4.68. The Balaban J connectivity index is 3.34. The van der Waals surface area contributed by atoms with E-state index in [1.54, 1.807) is 19.1 Å². The van der Waals surface area contributed by atoms with Crippen LogP contribution in [0.15, 0.2) is 18.2 Å². The number of likely N-dealkylation sites (N-methyl/N-ethyl adjacent to an activating group) is 1. The Morgan fingerprint density at radius 2 is 1.86 bits per heavy atom. The highest BCUT2D eigenvalue weighted by Gasteiger charge is 2.31. The summed E-state index contributed by atoms with van der Waals surface area (Å²) < 4.78 is 25.6. The number of benzene rings is 1. The number of sulfonamides is 1. The lowest BCUT2D eigenvalue weighted by Crippen LogP contribution is -2.49. The van der Waals surface area contributed by atoms with E-state index in [1.807, 2.05) is 26.8 Å². The number of carbonyl (C=O) groups excluding carboxylic acids is 1. The highest BCUT2D eigenvalue weighted by Crippen LogP contribution is 2.24. The van der Waals surface area contributed by atoms with Gasteiger partial charge in [0.05, 0.1) is 11.9 Å². The van der Waals surface area contributed by atoms with Crippen LogP contribution < -0.4 is 9.62 Å². The molecule has 0 saturated carbocycles. The average Bonchev–Trinajstić information content (AvgIpc) is 2.38. The number of amides is 1. The Morgan fingerprint density at radius 1 is 1.24 bits per heavy atom. The molecule has 0 bridgehead atoms. The molecule has 21 heavy (non-hydrogen) atoms. The third-order valence-electron chi connectivity index (χ3n) is 3.43. The minimum Gasteiger partial charge on any atom is -0.355 e. The van der Waals surface area contributed by atoms with E-state index in [-0.39, 0.29) is 5.91 Å². The summed E-state index contributed by atoms with van der Waals surface area (Å²) in [4.78, 5) is 12.2. The third-order valence-corrected chi connectivity index (χ3v) is 4.61. The molecule has 1 N–H and O–H groups in total. The maximum Gasteiger partial charge on any atom is 0.243 e. The van der Waals surface area contributed by atoms with Crippen LogP contribution in [0.25, 0.3) is 0 Å². The molecular weight excluding hydrogens is 288 g/mol. The maximum atomic E-state index is 12.2. The number of carbonyl (C=O) groups is 1. The fourth-order valence-corrected chi connectivity index (χ4v) is 3.42. The highest BCUT2D eigenvalue weighted by molar-refractivity contribution is 7.92. The number of anilines is 1. The van der Waals surface area contributed by atoms with Crippen molar-refractivity contribution in [3.63, 3.8) is 0 Å². The normalized spacial score (nSPS) is 12.8.